The molecule has 1 aliphatic carbocycles. The van der Waals surface area contributed by atoms with Gasteiger partial charge in [0.1, 0.15) is 0 Å². The van der Waals surface area contributed by atoms with Gasteiger partial charge in [0.15, 0.2) is 0 Å². The zero-order valence-corrected chi connectivity index (χ0v) is 14.8. The van der Waals surface area contributed by atoms with Crippen molar-refractivity contribution < 1.29 is 18.3 Å². The molecule has 0 saturated heterocycles. The summed E-state index contributed by atoms with van der Waals surface area (Å²) >= 11 is 11.7. The highest BCUT2D eigenvalue weighted by atomic mass is 35.5. The highest BCUT2D eigenvalue weighted by Crippen LogP contribution is 2.28. The monoisotopic (exact) mass is 380 g/mol. The highest BCUT2D eigenvalue weighted by Gasteiger charge is 2.36. The molecule has 0 aliphatic heterocycles. The molecule has 1 aromatic rings. The Labute approximate surface area is 145 Å². The molecule has 0 radical (unpaired) electrons. The molecule has 23 heavy (non-hydrogen) atoms. The molecule has 0 heterocycles. The van der Waals surface area contributed by atoms with E-state index in [0.29, 0.717) is 19.4 Å². The Kier molecular flexibility index (Phi) is 5.91. The summed E-state index contributed by atoms with van der Waals surface area (Å²) in [7, 11) is -3.70. The van der Waals surface area contributed by atoms with E-state index in [2.05, 4.69) is 4.72 Å². The van der Waals surface area contributed by atoms with Crippen LogP contribution in [-0.4, -0.2) is 49.6 Å². The zero-order chi connectivity index (χ0) is 17.2. The Balaban J connectivity index is 1.97. The van der Waals surface area contributed by atoms with Crippen LogP contribution in [0.1, 0.15) is 19.8 Å². The number of likely N-dealkylation sites (N-methyl/N-ethyl adjacent to an activating group) is 1. The Morgan fingerprint density at radius 1 is 1.30 bits per heavy atom. The second-order valence-corrected chi connectivity index (χ2v) is 8.09. The summed E-state index contributed by atoms with van der Waals surface area (Å²) in [5, 5.41) is 9.36. The SMILES string of the molecule is CCN(CC(=O)O)C1CC(NS(=O)(=O)c2cc(Cl)cc(Cl)c2)C1. The van der Waals surface area contributed by atoms with Crippen molar-refractivity contribution in [3.05, 3.63) is 28.2 Å². The van der Waals surface area contributed by atoms with E-state index in [1.807, 2.05) is 11.8 Å². The fraction of sp³-hybridized carbons (Fsp3) is 0.500. The molecule has 0 unspecified atom stereocenters. The lowest BCUT2D eigenvalue weighted by atomic mass is 9.86. The first-order valence-electron chi connectivity index (χ1n) is 7.15. The van der Waals surface area contributed by atoms with Crippen molar-refractivity contribution in [3.63, 3.8) is 0 Å². The van der Waals surface area contributed by atoms with Crippen molar-refractivity contribution in [2.24, 2.45) is 0 Å². The van der Waals surface area contributed by atoms with Gasteiger partial charge in [-0.15, -0.1) is 0 Å². The molecule has 0 aromatic heterocycles. The molecular formula is C14H18Cl2N2O4S. The third-order valence-corrected chi connectivity index (χ3v) is 5.78. The summed E-state index contributed by atoms with van der Waals surface area (Å²) in [6, 6.07) is 4.01. The third kappa shape index (κ3) is 4.81. The topological polar surface area (TPSA) is 86.7 Å². The summed E-state index contributed by atoms with van der Waals surface area (Å²) in [5.74, 6) is -0.885. The highest BCUT2D eigenvalue weighted by molar-refractivity contribution is 7.89. The number of benzene rings is 1. The van der Waals surface area contributed by atoms with Gasteiger partial charge in [-0.3, -0.25) is 9.69 Å². The van der Waals surface area contributed by atoms with E-state index in [9.17, 15) is 13.2 Å². The molecule has 1 saturated carbocycles. The van der Waals surface area contributed by atoms with E-state index in [4.69, 9.17) is 28.3 Å². The number of carbonyl (C=O) groups is 1. The van der Waals surface area contributed by atoms with Crippen LogP contribution in [0.3, 0.4) is 0 Å². The maximum absolute atomic E-state index is 12.3. The average molecular weight is 381 g/mol. The first kappa shape index (κ1) is 18.5. The summed E-state index contributed by atoms with van der Waals surface area (Å²) in [5.41, 5.74) is 0. The Bertz CT molecular complexity index is 670. The number of rotatable bonds is 7. The van der Waals surface area contributed by atoms with Gasteiger partial charge in [0, 0.05) is 22.1 Å². The first-order chi connectivity index (χ1) is 10.7. The molecule has 2 rings (SSSR count). The van der Waals surface area contributed by atoms with E-state index in [0.717, 1.165) is 0 Å². The number of aliphatic carboxylic acids is 1. The van der Waals surface area contributed by atoms with Gasteiger partial charge in [-0.1, -0.05) is 30.1 Å². The van der Waals surface area contributed by atoms with Crippen LogP contribution in [0.5, 0.6) is 0 Å². The smallest absolute Gasteiger partial charge is 0.317 e. The Hall–Kier alpha value is -0.860. The van der Waals surface area contributed by atoms with Gasteiger partial charge in [0.05, 0.1) is 11.4 Å². The molecule has 1 aliphatic rings. The van der Waals surface area contributed by atoms with Crippen LogP contribution >= 0.6 is 23.2 Å². The minimum absolute atomic E-state index is 0.0244. The minimum Gasteiger partial charge on any atom is -0.480 e. The lowest BCUT2D eigenvalue weighted by Gasteiger charge is -2.42. The predicted molar refractivity (Wildman–Crippen MR) is 88.5 cm³/mol. The van der Waals surface area contributed by atoms with E-state index in [1.165, 1.54) is 18.2 Å². The number of hydrogen-bond acceptors (Lipinski definition) is 4. The van der Waals surface area contributed by atoms with Crippen LogP contribution in [0.25, 0.3) is 0 Å². The van der Waals surface area contributed by atoms with Gasteiger partial charge >= 0.3 is 5.97 Å². The average Bonchev–Trinajstić information content (AvgIpc) is 2.39. The molecular weight excluding hydrogens is 363 g/mol. The van der Waals surface area contributed by atoms with Gasteiger partial charge < -0.3 is 5.11 Å². The number of carboxylic acids is 1. The van der Waals surface area contributed by atoms with Crippen molar-refractivity contribution in [3.8, 4) is 0 Å². The molecule has 0 amide bonds. The second kappa shape index (κ2) is 7.36. The fourth-order valence-electron chi connectivity index (χ4n) is 2.63. The molecule has 1 aromatic carbocycles. The maximum atomic E-state index is 12.3. The standard InChI is InChI=1S/C14H18Cl2N2O4S/c1-2-18(8-14(19)20)12-6-11(7-12)17-23(21,22)13-4-9(15)3-10(16)5-13/h3-5,11-12,17H,2,6-8H2,1H3,(H,19,20). The number of hydrogen-bond donors (Lipinski definition) is 2. The van der Waals surface area contributed by atoms with E-state index >= 15 is 0 Å². The van der Waals surface area contributed by atoms with E-state index in [-0.39, 0.29) is 33.6 Å². The van der Waals surface area contributed by atoms with Gasteiger partial charge in [-0.05, 0) is 37.6 Å². The molecule has 9 heteroatoms. The lowest BCUT2D eigenvalue weighted by molar-refractivity contribution is -0.139. The van der Waals surface area contributed by atoms with Crippen LogP contribution in [-0.2, 0) is 14.8 Å². The molecule has 128 valence electrons. The van der Waals surface area contributed by atoms with Crippen LogP contribution in [0.2, 0.25) is 10.0 Å². The van der Waals surface area contributed by atoms with E-state index < -0.39 is 16.0 Å². The van der Waals surface area contributed by atoms with Crippen molar-refractivity contribution >= 4 is 39.2 Å². The molecule has 2 N–H and O–H groups in total. The van der Waals surface area contributed by atoms with Crippen molar-refractivity contribution in [2.45, 2.75) is 36.7 Å². The number of nitrogens with one attached hydrogen (secondary N) is 1. The van der Waals surface area contributed by atoms with Gasteiger partial charge in [-0.2, -0.15) is 0 Å². The largest absolute Gasteiger partial charge is 0.480 e. The number of nitrogens with zero attached hydrogens (tertiary/aromatic N) is 1. The van der Waals surface area contributed by atoms with Crippen molar-refractivity contribution in [1.82, 2.24) is 9.62 Å². The quantitative estimate of drug-likeness (QED) is 0.756. The molecule has 0 spiro atoms. The number of halogens is 2. The number of sulfonamides is 1. The summed E-state index contributed by atoms with van der Waals surface area (Å²) in [4.78, 5) is 12.6. The molecule has 0 atom stereocenters. The van der Waals surface area contributed by atoms with Crippen LogP contribution in [0.15, 0.2) is 23.1 Å². The third-order valence-electron chi connectivity index (χ3n) is 3.84. The van der Waals surface area contributed by atoms with E-state index in [1.54, 1.807) is 0 Å². The zero-order valence-electron chi connectivity index (χ0n) is 12.5. The van der Waals surface area contributed by atoms with Crippen molar-refractivity contribution in [1.29, 1.82) is 0 Å². The second-order valence-electron chi connectivity index (χ2n) is 5.51. The first-order valence-corrected chi connectivity index (χ1v) is 9.39. The Morgan fingerprint density at radius 2 is 1.87 bits per heavy atom. The molecule has 0 bridgehead atoms. The summed E-state index contributed by atoms with van der Waals surface area (Å²) < 4.78 is 27.3. The summed E-state index contributed by atoms with van der Waals surface area (Å²) in [6.45, 7) is 2.46. The minimum atomic E-state index is -3.70. The van der Waals surface area contributed by atoms with Crippen LogP contribution in [0.4, 0.5) is 0 Å². The van der Waals surface area contributed by atoms with Gasteiger partial charge in [-0.25, -0.2) is 13.1 Å². The summed E-state index contributed by atoms with van der Waals surface area (Å²) in [6.07, 6.45) is 1.16. The van der Waals surface area contributed by atoms with Crippen LogP contribution in [0, 0.1) is 0 Å². The molecule has 1 fully saturated rings. The lowest BCUT2D eigenvalue weighted by Crippen LogP contribution is -2.54. The maximum Gasteiger partial charge on any atom is 0.317 e. The van der Waals surface area contributed by atoms with Gasteiger partial charge in [0.25, 0.3) is 0 Å². The normalized spacial score (nSPS) is 21.2. The predicted octanol–water partition coefficient (Wildman–Crippen LogP) is 2.21. The van der Waals surface area contributed by atoms with Crippen LogP contribution < -0.4 is 4.72 Å². The molecule has 6 nitrogen and oxygen atoms in total. The number of carboxylic acid groups (broad SMARTS) is 1. The van der Waals surface area contributed by atoms with Crippen molar-refractivity contribution in [2.75, 3.05) is 13.1 Å². The van der Waals surface area contributed by atoms with Gasteiger partial charge in [0.2, 0.25) is 10.0 Å². The fourth-order valence-corrected chi connectivity index (χ4v) is 4.61. The Morgan fingerprint density at radius 3 is 2.35 bits per heavy atom.